The van der Waals surface area contributed by atoms with E-state index in [4.69, 9.17) is 0 Å². The van der Waals surface area contributed by atoms with Gasteiger partial charge in [0.2, 0.25) is 5.91 Å². The van der Waals surface area contributed by atoms with E-state index in [1.807, 2.05) is 0 Å². The van der Waals surface area contributed by atoms with Crippen molar-refractivity contribution in [1.29, 1.82) is 0 Å². The minimum atomic E-state index is -4.40. The van der Waals surface area contributed by atoms with E-state index in [2.05, 4.69) is 11.9 Å². The summed E-state index contributed by atoms with van der Waals surface area (Å²) >= 11 is 0. The average molecular weight is 287 g/mol. The number of allylic oxidation sites excluding steroid dienone is 1. The van der Waals surface area contributed by atoms with Crippen LogP contribution in [0.1, 0.15) is 30.1 Å². The lowest BCUT2D eigenvalue weighted by Gasteiger charge is -2.13. The maximum absolute atomic E-state index is 12.4. The Morgan fingerprint density at radius 3 is 2.45 bits per heavy atom. The lowest BCUT2D eigenvalue weighted by molar-refractivity contribution is -0.137. The Bertz CT molecular complexity index is 454. The molecule has 0 bridgehead atoms. The summed E-state index contributed by atoms with van der Waals surface area (Å²) < 4.78 is 37.1. The number of rotatable bonds is 6. The number of benzene rings is 1. The molecule has 0 aliphatic carbocycles. The van der Waals surface area contributed by atoms with Crippen molar-refractivity contribution in [3.63, 3.8) is 0 Å². The molecular formula is C14H16F3NO2. The zero-order chi connectivity index (χ0) is 15.2. The Balaban J connectivity index is 2.53. The average Bonchev–Trinajstić information content (AvgIpc) is 2.41. The van der Waals surface area contributed by atoms with Gasteiger partial charge in [-0.1, -0.05) is 18.2 Å². The fraction of sp³-hybridized carbons (Fsp3) is 0.357. The fourth-order valence-corrected chi connectivity index (χ4v) is 1.54. The Hall–Kier alpha value is -1.82. The molecule has 1 aromatic carbocycles. The third-order valence-corrected chi connectivity index (χ3v) is 2.69. The maximum atomic E-state index is 12.4. The maximum Gasteiger partial charge on any atom is 0.416 e. The Morgan fingerprint density at radius 1 is 1.35 bits per heavy atom. The van der Waals surface area contributed by atoms with Crippen LogP contribution in [0.5, 0.6) is 0 Å². The van der Waals surface area contributed by atoms with E-state index >= 15 is 0 Å². The van der Waals surface area contributed by atoms with E-state index in [9.17, 15) is 23.1 Å². The second-order valence-electron chi connectivity index (χ2n) is 4.27. The van der Waals surface area contributed by atoms with E-state index in [0.717, 1.165) is 12.1 Å². The molecule has 0 saturated heterocycles. The Morgan fingerprint density at radius 2 is 1.95 bits per heavy atom. The summed E-state index contributed by atoms with van der Waals surface area (Å²) in [5.41, 5.74) is -0.453. The van der Waals surface area contributed by atoms with Gasteiger partial charge in [-0.3, -0.25) is 4.79 Å². The molecule has 0 aliphatic heterocycles. The number of alkyl halides is 3. The van der Waals surface area contributed by atoms with Gasteiger partial charge in [0.15, 0.2) is 0 Å². The van der Waals surface area contributed by atoms with Gasteiger partial charge in [0.1, 0.15) is 0 Å². The van der Waals surface area contributed by atoms with Crippen molar-refractivity contribution >= 4 is 5.91 Å². The molecule has 0 heterocycles. The van der Waals surface area contributed by atoms with Gasteiger partial charge in [-0.2, -0.15) is 13.2 Å². The molecule has 0 aliphatic rings. The number of halogens is 3. The molecule has 0 spiro atoms. The quantitative estimate of drug-likeness (QED) is 0.790. The van der Waals surface area contributed by atoms with Crippen molar-refractivity contribution < 1.29 is 23.1 Å². The smallest absolute Gasteiger partial charge is 0.387 e. The van der Waals surface area contributed by atoms with Gasteiger partial charge < -0.3 is 10.4 Å². The zero-order valence-corrected chi connectivity index (χ0v) is 10.8. The summed E-state index contributed by atoms with van der Waals surface area (Å²) in [5, 5.41) is 12.3. The highest BCUT2D eigenvalue weighted by Gasteiger charge is 2.30. The van der Waals surface area contributed by atoms with Crippen LogP contribution in [0.3, 0.4) is 0 Å². The number of carbonyl (C=O) groups excluding carboxylic acids is 1. The van der Waals surface area contributed by atoms with Crippen LogP contribution in [-0.4, -0.2) is 17.6 Å². The van der Waals surface area contributed by atoms with Gasteiger partial charge in [-0.25, -0.2) is 0 Å². The number of aliphatic hydroxyl groups excluding tert-OH is 1. The van der Waals surface area contributed by atoms with Gasteiger partial charge in [0.25, 0.3) is 0 Å². The highest BCUT2D eigenvalue weighted by Crippen LogP contribution is 2.29. The third-order valence-electron chi connectivity index (χ3n) is 2.69. The molecule has 1 atom stereocenters. The van der Waals surface area contributed by atoms with Crippen molar-refractivity contribution in [3.05, 3.63) is 48.0 Å². The third kappa shape index (κ3) is 5.05. The Labute approximate surface area is 115 Å². The predicted molar refractivity (Wildman–Crippen MR) is 68.8 cm³/mol. The number of amides is 1. The molecule has 1 amide bonds. The van der Waals surface area contributed by atoms with E-state index in [1.54, 1.807) is 6.08 Å². The van der Waals surface area contributed by atoms with Crippen molar-refractivity contribution in [2.24, 2.45) is 0 Å². The monoisotopic (exact) mass is 287 g/mol. The lowest BCUT2D eigenvalue weighted by atomic mass is 10.1. The van der Waals surface area contributed by atoms with Crippen LogP contribution < -0.4 is 5.32 Å². The summed E-state index contributed by atoms with van der Waals surface area (Å²) in [6.07, 6.45) is -3.04. The molecule has 0 radical (unpaired) electrons. The largest absolute Gasteiger partial charge is 0.416 e. The van der Waals surface area contributed by atoms with E-state index in [1.165, 1.54) is 12.1 Å². The summed E-state index contributed by atoms with van der Waals surface area (Å²) in [6, 6.07) is 4.20. The van der Waals surface area contributed by atoms with Crippen LogP contribution in [0, 0.1) is 0 Å². The first-order valence-electron chi connectivity index (χ1n) is 6.07. The van der Waals surface area contributed by atoms with E-state index < -0.39 is 17.8 Å². The van der Waals surface area contributed by atoms with Crippen molar-refractivity contribution in [2.45, 2.75) is 25.1 Å². The van der Waals surface area contributed by atoms with Crippen molar-refractivity contribution in [2.75, 3.05) is 6.54 Å². The summed E-state index contributed by atoms with van der Waals surface area (Å²) in [7, 11) is 0. The number of hydrogen-bond acceptors (Lipinski definition) is 2. The van der Waals surface area contributed by atoms with Crippen molar-refractivity contribution in [3.8, 4) is 0 Å². The molecule has 3 nitrogen and oxygen atoms in total. The van der Waals surface area contributed by atoms with Crippen LogP contribution in [0.15, 0.2) is 36.9 Å². The minimum Gasteiger partial charge on any atom is -0.387 e. The first kappa shape index (κ1) is 16.2. The van der Waals surface area contributed by atoms with Crippen LogP contribution in [0.4, 0.5) is 13.2 Å². The number of carbonyl (C=O) groups is 1. The molecule has 6 heteroatoms. The molecule has 0 aromatic heterocycles. The zero-order valence-electron chi connectivity index (χ0n) is 10.8. The second kappa shape index (κ2) is 7.09. The molecule has 2 N–H and O–H groups in total. The van der Waals surface area contributed by atoms with Gasteiger partial charge >= 0.3 is 6.18 Å². The number of aliphatic hydroxyl groups is 1. The summed E-state index contributed by atoms with van der Waals surface area (Å²) in [4.78, 5) is 11.3. The Kier molecular flexibility index (Phi) is 5.76. The van der Waals surface area contributed by atoms with Crippen LogP contribution in [0.2, 0.25) is 0 Å². The van der Waals surface area contributed by atoms with Crippen LogP contribution >= 0.6 is 0 Å². The highest BCUT2D eigenvalue weighted by atomic mass is 19.4. The molecule has 110 valence electrons. The highest BCUT2D eigenvalue weighted by molar-refractivity contribution is 5.76. The minimum absolute atomic E-state index is 0.0403. The van der Waals surface area contributed by atoms with E-state index in [-0.39, 0.29) is 18.9 Å². The van der Waals surface area contributed by atoms with Gasteiger partial charge in [-0.15, -0.1) is 6.58 Å². The first-order chi connectivity index (χ1) is 9.34. The molecule has 0 fully saturated rings. The number of nitrogens with one attached hydrogen (secondary N) is 1. The van der Waals surface area contributed by atoms with Gasteiger partial charge in [-0.05, 0) is 24.1 Å². The summed E-state index contributed by atoms with van der Waals surface area (Å²) in [6.45, 7) is 3.44. The molecule has 1 rings (SSSR count). The first-order valence-corrected chi connectivity index (χ1v) is 6.07. The normalized spacial score (nSPS) is 12.8. The molecule has 0 saturated carbocycles. The van der Waals surface area contributed by atoms with Crippen LogP contribution in [0.25, 0.3) is 0 Å². The molecule has 1 aromatic rings. The predicted octanol–water partition coefficient (Wildman–Crippen LogP) is 2.82. The number of hydrogen-bond donors (Lipinski definition) is 2. The van der Waals surface area contributed by atoms with Crippen LogP contribution in [-0.2, 0) is 11.0 Å². The second-order valence-corrected chi connectivity index (χ2v) is 4.27. The van der Waals surface area contributed by atoms with Crippen molar-refractivity contribution in [1.82, 2.24) is 5.32 Å². The van der Waals surface area contributed by atoms with Gasteiger partial charge in [0.05, 0.1) is 11.7 Å². The molecule has 0 unspecified atom stereocenters. The standard InChI is InChI=1S/C14H16F3NO2/c1-2-3-4-13(20)18-9-12(19)10-5-7-11(8-6-10)14(15,16)17/h2,5-8,12,19H,1,3-4,9H2,(H,18,20)/t12-/m0/s1. The summed E-state index contributed by atoms with van der Waals surface area (Å²) in [5.74, 6) is -0.240. The topological polar surface area (TPSA) is 49.3 Å². The van der Waals surface area contributed by atoms with E-state index in [0.29, 0.717) is 12.0 Å². The SMILES string of the molecule is C=CCCC(=O)NC[C@H](O)c1ccc(C(F)(F)F)cc1. The lowest BCUT2D eigenvalue weighted by Crippen LogP contribution is -2.28. The molecule has 20 heavy (non-hydrogen) atoms. The molecular weight excluding hydrogens is 271 g/mol. The van der Waals surface area contributed by atoms with Gasteiger partial charge in [0, 0.05) is 13.0 Å². The fourth-order valence-electron chi connectivity index (χ4n) is 1.54.